The Morgan fingerprint density at radius 3 is 2.95 bits per heavy atom. The molecule has 2 aromatic rings. The molecular formula is C15H17N3O3. The third-order valence-electron chi connectivity index (χ3n) is 3.31. The number of nitrogens with zero attached hydrogens (tertiary/aromatic N) is 2. The molecule has 2 heterocycles. The van der Waals surface area contributed by atoms with Crippen molar-refractivity contribution in [2.75, 3.05) is 13.2 Å². The van der Waals surface area contributed by atoms with Crippen LogP contribution in [-0.2, 0) is 11.3 Å². The lowest BCUT2D eigenvalue weighted by molar-refractivity contribution is -0.122. The van der Waals surface area contributed by atoms with Crippen LogP contribution >= 0.6 is 0 Å². The van der Waals surface area contributed by atoms with Crippen molar-refractivity contribution in [2.24, 2.45) is 0 Å². The second kappa shape index (κ2) is 5.87. The van der Waals surface area contributed by atoms with Crippen molar-refractivity contribution >= 4 is 5.91 Å². The number of aromatic nitrogens is 2. The number of benzene rings is 1. The van der Waals surface area contributed by atoms with E-state index in [0.29, 0.717) is 13.2 Å². The fraction of sp³-hybridized carbons (Fsp3) is 0.333. The standard InChI is InChI=1S/C15H17N3O3/c1-11(17-15(19)10-18-6-2-5-16-18)12-3-4-13-14(9-12)21-8-7-20-13/h2-6,9,11H,7-8,10H2,1H3,(H,17,19)/t11-/m1/s1. The van der Waals surface area contributed by atoms with Crippen LogP contribution in [0.15, 0.2) is 36.7 Å². The summed E-state index contributed by atoms with van der Waals surface area (Å²) in [6.07, 6.45) is 3.41. The lowest BCUT2D eigenvalue weighted by Gasteiger charge is -2.21. The van der Waals surface area contributed by atoms with E-state index in [0.717, 1.165) is 17.1 Å². The van der Waals surface area contributed by atoms with Crippen LogP contribution in [0.2, 0.25) is 0 Å². The van der Waals surface area contributed by atoms with Gasteiger partial charge in [-0.05, 0) is 30.7 Å². The zero-order chi connectivity index (χ0) is 14.7. The van der Waals surface area contributed by atoms with Gasteiger partial charge in [0.1, 0.15) is 19.8 Å². The molecule has 1 aromatic carbocycles. The fourth-order valence-electron chi connectivity index (χ4n) is 2.24. The molecule has 6 nitrogen and oxygen atoms in total. The zero-order valence-electron chi connectivity index (χ0n) is 11.8. The van der Waals surface area contributed by atoms with Crippen molar-refractivity contribution in [3.63, 3.8) is 0 Å². The van der Waals surface area contributed by atoms with Crippen LogP contribution in [0.5, 0.6) is 11.5 Å². The second-order valence-electron chi connectivity index (χ2n) is 4.90. The SMILES string of the molecule is C[C@@H](NC(=O)Cn1cccn1)c1ccc2c(c1)OCCO2. The fourth-order valence-corrected chi connectivity index (χ4v) is 2.24. The molecule has 6 heteroatoms. The monoisotopic (exact) mass is 287 g/mol. The molecule has 1 atom stereocenters. The van der Waals surface area contributed by atoms with Crippen LogP contribution in [0.25, 0.3) is 0 Å². The van der Waals surface area contributed by atoms with Crippen LogP contribution < -0.4 is 14.8 Å². The van der Waals surface area contributed by atoms with Crippen molar-refractivity contribution in [3.05, 3.63) is 42.2 Å². The maximum Gasteiger partial charge on any atom is 0.242 e. The van der Waals surface area contributed by atoms with Crippen molar-refractivity contribution in [1.29, 1.82) is 0 Å². The smallest absolute Gasteiger partial charge is 0.242 e. The van der Waals surface area contributed by atoms with E-state index in [2.05, 4.69) is 10.4 Å². The summed E-state index contributed by atoms with van der Waals surface area (Å²) in [5.74, 6) is 1.40. The van der Waals surface area contributed by atoms with Gasteiger partial charge in [0.25, 0.3) is 0 Å². The molecule has 0 bridgehead atoms. The number of ether oxygens (including phenoxy) is 2. The number of hydrogen-bond donors (Lipinski definition) is 1. The summed E-state index contributed by atoms with van der Waals surface area (Å²) < 4.78 is 12.6. The number of carbonyl (C=O) groups is 1. The largest absolute Gasteiger partial charge is 0.486 e. The van der Waals surface area contributed by atoms with Crippen molar-refractivity contribution in [1.82, 2.24) is 15.1 Å². The minimum absolute atomic E-state index is 0.0823. The average molecular weight is 287 g/mol. The first-order chi connectivity index (χ1) is 10.2. The number of amides is 1. The van der Waals surface area contributed by atoms with Crippen molar-refractivity contribution < 1.29 is 14.3 Å². The van der Waals surface area contributed by atoms with Gasteiger partial charge in [-0.1, -0.05) is 6.07 Å². The van der Waals surface area contributed by atoms with E-state index >= 15 is 0 Å². The molecular weight excluding hydrogens is 270 g/mol. The molecule has 0 unspecified atom stereocenters. The average Bonchev–Trinajstić information content (AvgIpc) is 2.99. The second-order valence-corrected chi connectivity index (χ2v) is 4.90. The molecule has 0 radical (unpaired) electrons. The molecule has 3 rings (SSSR count). The summed E-state index contributed by atoms with van der Waals surface area (Å²) in [4.78, 5) is 12.0. The van der Waals surface area contributed by atoms with Gasteiger partial charge in [-0.2, -0.15) is 5.10 Å². The third-order valence-corrected chi connectivity index (χ3v) is 3.31. The van der Waals surface area contributed by atoms with Crippen molar-refractivity contribution in [3.8, 4) is 11.5 Å². The maximum atomic E-state index is 12.0. The molecule has 0 spiro atoms. The molecule has 110 valence electrons. The van der Waals surface area contributed by atoms with Crippen LogP contribution in [-0.4, -0.2) is 28.9 Å². The molecule has 0 saturated heterocycles. The Bertz CT molecular complexity index is 625. The topological polar surface area (TPSA) is 65.4 Å². The number of nitrogens with one attached hydrogen (secondary N) is 1. The first-order valence-corrected chi connectivity index (χ1v) is 6.89. The number of fused-ring (bicyclic) bond motifs is 1. The first kappa shape index (κ1) is 13.5. The highest BCUT2D eigenvalue weighted by molar-refractivity contribution is 5.76. The molecule has 1 N–H and O–H groups in total. The van der Waals surface area contributed by atoms with Gasteiger partial charge in [-0.15, -0.1) is 0 Å². The molecule has 0 saturated carbocycles. The van der Waals surface area contributed by atoms with E-state index in [-0.39, 0.29) is 18.5 Å². The van der Waals surface area contributed by atoms with Gasteiger partial charge in [0, 0.05) is 12.4 Å². The zero-order valence-corrected chi connectivity index (χ0v) is 11.8. The third kappa shape index (κ3) is 3.16. The lowest BCUT2D eigenvalue weighted by atomic mass is 10.1. The van der Waals surface area contributed by atoms with Crippen LogP contribution in [0.4, 0.5) is 0 Å². The predicted octanol–water partition coefficient (Wildman–Crippen LogP) is 1.53. The number of hydrogen-bond acceptors (Lipinski definition) is 4. The Labute approximate surface area is 122 Å². The summed E-state index contributed by atoms with van der Waals surface area (Å²) in [6.45, 7) is 3.27. The summed E-state index contributed by atoms with van der Waals surface area (Å²) in [5.41, 5.74) is 0.980. The normalized spacial score (nSPS) is 14.5. The van der Waals surface area contributed by atoms with Gasteiger partial charge in [0.2, 0.25) is 5.91 Å². The molecule has 1 amide bonds. The molecule has 1 aliphatic rings. The molecule has 21 heavy (non-hydrogen) atoms. The van der Waals surface area contributed by atoms with E-state index in [1.807, 2.05) is 25.1 Å². The highest BCUT2D eigenvalue weighted by atomic mass is 16.6. The van der Waals surface area contributed by atoms with Gasteiger partial charge >= 0.3 is 0 Å². The van der Waals surface area contributed by atoms with Gasteiger partial charge in [0.05, 0.1) is 6.04 Å². The quantitative estimate of drug-likeness (QED) is 0.926. The van der Waals surface area contributed by atoms with Crippen LogP contribution in [0, 0.1) is 0 Å². The summed E-state index contributed by atoms with van der Waals surface area (Å²) in [5, 5.41) is 6.96. The van der Waals surface area contributed by atoms with Crippen molar-refractivity contribution in [2.45, 2.75) is 19.5 Å². The number of carbonyl (C=O) groups excluding carboxylic acids is 1. The summed E-state index contributed by atoms with van der Waals surface area (Å²) in [6, 6.07) is 7.40. The molecule has 0 aliphatic carbocycles. The predicted molar refractivity (Wildman–Crippen MR) is 76.2 cm³/mol. The van der Waals surface area contributed by atoms with Crippen LogP contribution in [0.3, 0.4) is 0 Å². The highest BCUT2D eigenvalue weighted by Gasteiger charge is 2.15. The minimum Gasteiger partial charge on any atom is -0.486 e. The Morgan fingerprint density at radius 2 is 2.19 bits per heavy atom. The van der Waals surface area contributed by atoms with E-state index in [1.54, 1.807) is 23.1 Å². The number of rotatable bonds is 4. The lowest BCUT2D eigenvalue weighted by Crippen LogP contribution is -2.30. The molecule has 1 aliphatic heterocycles. The Hall–Kier alpha value is -2.50. The Morgan fingerprint density at radius 1 is 1.38 bits per heavy atom. The highest BCUT2D eigenvalue weighted by Crippen LogP contribution is 2.32. The summed E-state index contributed by atoms with van der Waals surface area (Å²) in [7, 11) is 0. The van der Waals surface area contributed by atoms with Crippen LogP contribution in [0.1, 0.15) is 18.5 Å². The molecule has 0 fully saturated rings. The molecule has 1 aromatic heterocycles. The summed E-state index contributed by atoms with van der Waals surface area (Å²) >= 11 is 0. The van der Waals surface area contributed by atoms with Gasteiger partial charge in [-0.3, -0.25) is 9.48 Å². The van der Waals surface area contributed by atoms with E-state index < -0.39 is 0 Å². The Kier molecular flexibility index (Phi) is 3.77. The van der Waals surface area contributed by atoms with E-state index in [9.17, 15) is 4.79 Å². The van der Waals surface area contributed by atoms with Gasteiger partial charge in [0.15, 0.2) is 11.5 Å². The van der Waals surface area contributed by atoms with Gasteiger partial charge in [-0.25, -0.2) is 0 Å². The first-order valence-electron chi connectivity index (χ1n) is 6.89. The minimum atomic E-state index is -0.108. The maximum absolute atomic E-state index is 12.0. The van der Waals surface area contributed by atoms with Gasteiger partial charge < -0.3 is 14.8 Å². The Balaban J connectivity index is 1.64. The van der Waals surface area contributed by atoms with E-state index in [1.165, 1.54) is 0 Å². The van der Waals surface area contributed by atoms with E-state index in [4.69, 9.17) is 9.47 Å².